The van der Waals surface area contributed by atoms with Crippen LogP contribution in [0.3, 0.4) is 0 Å². The summed E-state index contributed by atoms with van der Waals surface area (Å²) < 4.78 is 18.9. The number of hydrogen-bond donors (Lipinski definition) is 1. The van der Waals surface area contributed by atoms with Crippen molar-refractivity contribution in [3.8, 4) is 5.88 Å². The van der Waals surface area contributed by atoms with Crippen molar-refractivity contribution in [1.82, 2.24) is 4.98 Å². The van der Waals surface area contributed by atoms with Crippen molar-refractivity contribution in [2.24, 2.45) is 5.41 Å². The molecule has 5 nitrogen and oxygen atoms in total. The summed E-state index contributed by atoms with van der Waals surface area (Å²) in [5.41, 5.74) is 2.70. The first-order valence-electron chi connectivity index (χ1n) is 9.15. The number of anilines is 2. The molecule has 0 aliphatic carbocycles. The highest BCUT2D eigenvalue weighted by Gasteiger charge is 2.23. The maximum atomic E-state index is 13.1. The summed E-state index contributed by atoms with van der Waals surface area (Å²) >= 11 is 0. The number of carbonyl (C=O) groups excluding carboxylic acids is 1. The van der Waals surface area contributed by atoms with E-state index in [1.807, 2.05) is 33.8 Å². The van der Waals surface area contributed by atoms with E-state index in [0.717, 1.165) is 23.4 Å². The van der Waals surface area contributed by atoms with E-state index in [9.17, 15) is 9.18 Å². The van der Waals surface area contributed by atoms with Crippen LogP contribution in [0.4, 0.5) is 15.9 Å². The maximum Gasteiger partial charge on any atom is 0.239 e. The molecule has 1 aliphatic rings. The van der Waals surface area contributed by atoms with Crippen LogP contribution in [0, 0.1) is 18.2 Å². The number of aromatic nitrogens is 1. The van der Waals surface area contributed by atoms with Crippen molar-refractivity contribution in [3.63, 3.8) is 0 Å². The van der Waals surface area contributed by atoms with Gasteiger partial charge in [-0.3, -0.25) is 4.79 Å². The van der Waals surface area contributed by atoms with Gasteiger partial charge in [0.25, 0.3) is 0 Å². The number of aryl methyl sites for hydroxylation is 1. The predicted molar refractivity (Wildman–Crippen MR) is 105 cm³/mol. The van der Waals surface area contributed by atoms with Crippen molar-refractivity contribution >= 4 is 17.4 Å². The average Bonchev–Trinajstić information content (AvgIpc) is 2.56. The quantitative estimate of drug-likeness (QED) is 0.870. The number of nitrogens with zero attached hydrogens (tertiary/aromatic N) is 2. The third kappa shape index (κ3) is 4.96. The van der Waals surface area contributed by atoms with Crippen molar-refractivity contribution in [2.75, 3.05) is 23.4 Å². The van der Waals surface area contributed by atoms with E-state index >= 15 is 0 Å². The number of halogens is 1. The lowest BCUT2D eigenvalue weighted by molar-refractivity contribution is -0.117. The second-order valence-electron chi connectivity index (χ2n) is 8.16. The average molecular weight is 371 g/mol. The summed E-state index contributed by atoms with van der Waals surface area (Å²) in [6.45, 7) is 9.88. The fourth-order valence-electron chi connectivity index (χ4n) is 3.05. The topological polar surface area (TPSA) is 54.5 Å². The van der Waals surface area contributed by atoms with E-state index in [2.05, 4.69) is 15.2 Å². The Bertz CT molecular complexity index is 829. The number of pyridine rings is 1. The fraction of sp³-hybridized carbons (Fsp3) is 0.429. The Hall–Kier alpha value is -2.63. The summed E-state index contributed by atoms with van der Waals surface area (Å²) in [6, 6.07) is 8.48. The largest absolute Gasteiger partial charge is 0.474 e. The first-order chi connectivity index (χ1) is 12.7. The Labute approximate surface area is 159 Å². The highest BCUT2D eigenvalue weighted by atomic mass is 19.1. The van der Waals surface area contributed by atoms with Crippen LogP contribution in [0.1, 0.15) is 38.3 Å². The smallest absolute Gasteiger partial charge is 0.239 e. The molecule has 6 heteroatoms. The zero-order valence-electron chi connectivity index (χ0n) is 16.3. The van der Waals surface area contributed by atoms with Gasteiger partial charge >= 0.3 is 0 Å². The molecule has 0 atom stereocenters. The lowest BCUT2D eigenvalue weighted by atomic mass is 9.92. The Balaban J connectivity index is 1.79. The molecule has 0 saturated heterocycles. The molecule has 27 heavy (non-hydrogen) atoms. The molecule has 3 rings (SSSR count). The van der Waals surface area contributed by atoms with Crippen LogP contribution in [0.15, 0.2) is 30.3 Å². The van der Waals surface area contributed by atoms with Crippen molar-refractivity contribution in [2.45, 2.75) is 40.7 Å². The second kappa shape index (κ2) is 7.55. The number of carbonyl (C=O) groups is 1. The molecule has 0 spiro atoms. The number of hydrogen-bond acceptors (Lipinski definition) is 4. The Morgan fingerprint density at radius 1 is 1.30 bits per heavy atom. The van der Waals surface area contributed by atoms with Gasteiger partial charge in [-0.05, 0) is 41.7 Å². The van der Waals surface area contributed by atoms with Gasteiger partial charge in [0, 0.05) is 13.0 Å². The molecule has 0 bridgehead atoms. The van der Waals surface area contributed by atoms with Crippen LogP contribution in [0.25, 0.3) is 0 Å². The third-order valence-electron chi connectivity index (χ3n) is 4.34. The van der Waals surface area contributed by atoms with E-state index in [4.69, 9.17) is 4.74 Å². The van der Waals surface area contributed by atoms with Crippen LogP contribution in [0.5, 0.6) is 5.88 Å². The molecule has 1 aliphatic heterocycles. The molecule has 0 saturated carbocycles. The predicted octanol–water partition coefficient (Wildman–Crippen LogP) is 4.30. The van der Waals surface area contributed by atoms with Gasteiger partial charge in [0.2, 0.25) is 11.8 Å². The Morgan fingerprint density at radius 2 is 2.00 bits per heavy atom. The van der Waals surface area contributed by atoms with E-state index < -0.39 is 0 Å². The summed E-state index contributed by atoms with van der Waals surface area (Å²) in [6.07, 6.45) is 0.419. The molecule has 1 N–H and O–H groups in total. The molecule has 1 aromatic heterocycles. The summed E-state index contributed by atoms with van der Waals surface area (Å²) in [4.78, 5) is 18.9. The minimum Gasteiger partial charge on any atom is -0.474 e. The molecule has 1 amide bonds. The Kier molecular flexibility index (Phi) is 5.35. The normalized spacial score (nSPS) is 13.7. The monoisotopic (exact) mass is 371 g/mol. The van der Waals surface area contributed by atoms with Gasteiger partial charge in [0.05, 0.1) is 6.54 Å². The zero-order valence-corrected chi connectivity index (χ0v) is 16.3. The zero-order chi connectivity index (χ0) is 19.6. The van der Waals surface area contributed by atoms with Gasteiger partial charge in [-0.1, -0.05) is 32.9 Å². The van der Waals surface area contributed by atoms with E-state index in [1.165, 1.54) is 12.1 Å². The Morgan fingerprint density at radius 3 is 2.67 bits per heavy atom. The van der Waals surface area contributed by atoms with Gasteiger partial charge in [-0.2, -0.15) is 4.98 Å². The van der Waals surface area contributed by atoms with Crippen LogP contribution in [0.2, 0.25) is 0 Å². The number of ether oxygens (including phenoxy) is 1. The lowest BCUT2D eigenvalue weighted by Crippen LogP contribution is -2.33. The van der Waals surface area contributed by atoms with Crippen molar-refractivity contribution in [1.29, 1.82) is 0 Å². The molecule has 0 radical (unpaired) electrons. The maximum absolute atomic E-state index is 13.1. The molecule has 2 heterocycles. The minimum atomic E-state index is -0.241. The molecule has 0 fully saturated rings. The van der Waals surface area contributed by atoms with E-state index in [-0.39, 0.29) is 17.1 Å². The SMILES string of the molecule is Cc1cc2c(nc1NC(=O)CC(C)(C)C)OCCN2Cc1ccc(F)cc1. The highest BCUT2D eigenvalue weighted by molar-refractivity contribution is 5.91. The molecular weight excluding hydrogens is 345 g/mol. The van der Waals surface area contributed by atoms with Gasteiger partial charge in [0.15, 0.2) is 0 Å². The van der Waals surface area contributed by atoms with Gasteiger partial charge < -0.3 is 15.0 Å². The van der Waals surface area contributed by atoms with Crippen LogP contribution in [-0.2, 0) is 11.3 Å². The van der Waals surface area contributed by atoms with E-state index in [1.54, 1.807) is 12.1 Å². The van der Waals surface area contributed by atoms with Gasteiger partial charge in [-0.25, -0.2) is 4.39 Å². The molecule has 144 valence electrons. The van der Waals surface area contributed by atoms with Gasteiger partial charge in [-0.15, -0.1) is 0 Å². The third-order valence-corrected chi connectivity index (χ3v) is 4.34. The minimum absolute atomic E-state index is 0.0583. The molecular formula is C21H26FN3O2. The highest BCUT2D eigenvalue weighted by Crippen LogP contribution is 2.34. The number of amides is 1. The van der Waals surface area contributed by atoms with Crippen molar-refractivity contribution < 1.29 is 13.9 Å². The number of fused-ring (bicyclic) bond motifs is 1. The summed E-state index contributed by atoms with van der Waals surface area (Å²) in [5, 5.41) is 2.90. The molecule has 2 aromatic rings. The molecule has 1 aromatic carbocycles. The number of nitrogens with one attached hydrogen (secondary N) is 1. The van der Waals surface area contributed by atoms with Crippen LogP contribution >= 0.6 is 0 Å². The first-order valence-corrected chi connectivity index (χ1v) is 9.15. The summed E-state index contributed by atoms with van der Waals surface area (Å²) in [5.74, 6) is 0.748. The van der Waals surface area contributed by atoms with Crippen LogP contribution < -0.4 is 15.0 Å². The fourth-order valence-corrected chi connectivity index (χ4v) is 3.05. The number of benzene rings is 1. The molecule has 0 unspecified atom stereocenters. The second-order valence-corrected chi connectivity index (χ2v) is 8.16. The summed E-state index contributed by atoms with van der Waals surface area (Å²) in [7, 11) is 0. The first kappa shape index (κ1) is 19.1. The standard InChI is InChI=1S/C21H26FN3O2/c1-14-11-17-20(24-19(14)23-18(26)12-21(2,3)4)27-10-9-25(17)13-15-5-7-16(22)8-6-15/h5-8,11H,9-10,12-13H2,1-4H3,(H,23,24,26). The van der Waals surface area contributed by atoms with Crippen molar-refractivity contribution in [3.05, 3.63) is 47.3 Å². The van der Waals surface area contributed by atoms with Gasteiger partial charge in [0.1, 0.15) is 23.9 Å². The lowest BCUT2D eigenvalue weighted by Gasteiger charge is -2.31. The number of rotatable bonds is 4. The van der Waals surface area contributed by atoms with E-state index in [0.29, 0.717) is 31.3 Å². The van der Waals surface area contributed by atoms with Crippen LogP contribution in [-0.4, -0.2) is 24.0 Å².